The van der Waals surface area contributed by atoms with Crippen LogP contribution in [0.4, 0.5) is 11.4 Å². The molecule has 0 bridgehead atoms. The molecule has 0 saturated heterocycles. The lowest BCUT2D eigenvalue weighted by molar-refractivity contribution is 0.407. The van der Waals surface area contributed by atoms with Crippen molar-refractivity contribution in [3.05, 3.63) is 46.8 Å². The van der Waals surface area contributed by atoms with Crippen LogP contribution < -0.4 is 15.4 Å². The first kappa shape index (κ1) is 13.7. The number of ether oxygens (including phenoxy) is 1. The summed E-state index contributed by atoms with van der Waals surface area (Å²) in [6, 6.07) is 6.13. The second kappa shape index (κ2) is 5.28. The molecule has 2 heterocycles. The summed E-state index contributed by atoms with van der Waals surface area (Å²) in [5.41, 5.74) is 12.7. The van der Waals surface area contributed by atoms with Gasteiger partial charge in [0, 0.05) is 40.8 Å². The zero-order valence-electron chi connectivity index (χ0n) is 12.8. The van der Waals surface area contributed by atoms with E-state index in [0.29, 0.717) is 0 Å². The van der Waals surface area contributed by atoms with Crippen LogP contribution in [0.5, 0.6) is 5.75 Å². The van der Waals surface area contributed by atoms with Crippen LogP contribution in [0.25, 0.3) is 0 Å². The third kappa shape index (κ3) is 2.31. The molecule has 1 aliphatic rings. The molecule has 3 rings (SSSR count). The molecule has 1 aromatic heterocycles. The molecule has 110 valence electrons. The number of benzene rings is 1. The number of nitrogens with two attached hydrogens (primary N) is 1. The van der Waals surface area contributed by atoms with Crippen LogP contribution >= 0.6 is 0 Å². The number of anilines is 2. The number of aryl methyl sites for hydroxylation is 1. The summed E-state index contributed by atoms with van der Waals surface area (Å²) in [5, 5.41) is 0. The van der Waals surface area contributed by atoms with E-state index in [-0.39, 0.29) is 0 Å². The van der Waals surface area contributed by atoms with Crippen LogP contribution in [-0.2, 0) is 13.0 Å². The van der Waals surface area contributed by atoms with Crippen LogP contribution in [0.2, 0.25) is 0 Å². The molecule has 0 spiro atoms. The van der Waals surface area contributed by atoms with E-state index >= 15 is 0 Å². The van der Waals surface area contributed by atoms with Crippen LogP contribution in [0, 0.1) is 13.8 Å². The number of fused-ring (bicyclic) bond motifs is 1. The third-order valence-electron chi connectivity index (χ3n) is 4.25. The summed E-state index contributed by atoms with van der Waals surface area (Å²) >= 11 is 0. The van der Waals surface area contributed by atoms with Crippen molar-refractivity contribution in [2.75, 3.05) is 24.3 Å². The Labute approximate surface area is 125 Å². The largest absolute Gasteiger partial charge is 0.496 e. The molecule has 4 heteroatoms. The number of pyridine rings is 1. The van der Waals surface area contributed by atoms with E-state index in [1.807, 2.05) is 25.3 Å². The SMILES string of the molecule is COc1c(C)cnc(CN2CCc3c(N)cccc32)c1C. The van der Waals surface area contributed by atoms with Gasteiger partial charge in [-0.25, -0.2) is 0 Å². The topological polar surface area (TPSA) is 51.4 Å². The molecule has 4 nitrogen and oxygen atoms in total. The van der Waals surface area contributed by atoms with E-state index in [0.717, 1.165) is 47.8 Å². The van der Waals surface area contributed by atoms with Gasteiger partial charge in [0.15, 0.2) is 0 Å². The van der Waals surface area contributed by atoms with Gasteiger partial charge in [-0.15, -0.1) is 0 Å². The number of methoxy groups -OCH3 is 1. The van der Waals surface area contributed by atoms with Crippen molar-refractivity contribution in [1.82, 2.24) is 4.98 Å². The van der Waals surface area contributed by atoms with Gasteiger partial charge in [0.05, 0.1) is 19.3 Å². The predicted molar refractivity (Wildman–Crippen MR) is 85.9 cm³/mol. The maximum Gasteiger partial charge on any atom is 0.128 e. The van der Waals surface area contributed by atoms with Crippen LogP contribution in [-0.4, -0.2) is 18.6 Å². The van der Waals surface area contributed by atoms with E-state index < -0.39 is 0 Å². The number of nitrogens with zero attached hydrogens (tertiary/aromatic N) is 2. The maximum absolute atomic E-state index is 6.06. The first-order chi connectivity index (χ1) is 10.1. The van der Waals surface area contributed by atoms with Crippen molar-refractivity contribution in [2.24, 2.45) is 0 Å². The minimum atomic E-state index is 0.791. The molecule has 21 heavy (non-hydrogen) atoms. The third-order valence-corrected chi connectivity index (χ3v) is 4.25. The second-order valence-electron chi connectivity index (χ2n) is 5.56. The van der Waals surface area contributed by atoms with E-state index in [9.17, 15) is 0 Å². The van der Waals surface area contributed by atoms with Crippen LogP contribution in [0.1, 0.15) is 22.4 Å². The van der Waals surface area contributed by atoms with E-state index in [4.69, 9.17) is 10.5 Å². The Bertz CT molecular complexity index is 682. The number of rotatable bonds is 3. The zero-order valence-corrected chi connectivity index (χ0v) is 12.8. The Balaban J connectivity index is 1.92. The molecular formula is C17H21N3O. The zero-order chi connectivity index (χ0) is 15.0. The Morgan fingerprint density at radius 3 is 2.90 bits per heavy atom. The van der Waals surface area contributed by atoms with Gasteiger partial charge in [-0.2, -0.15) is 0 Å². The smallest absolute Gasteiger partial charge is 0.128 e. The maximum atomic E-state index is 6.06. The summed E-state index contributed by atoms with van der Waals surface area (Å²) < 4.78 is 5.49. The lowest BCUT2D eigenvalue weighted by Gasteiger charge is -2.21. The average molecular weight is 283 g/mol. The van der Waals surface area contributed by atoms with E-state index in [2.05, 4.69) is 22.9 Å². The Hall–Kier alpha value is -2.23. The minimum absolute atomic E-state index is 0.791. The monoisotopic (exact) mass is 283 g/mol. The fraction of sp³-hybridized carbons (Fsp3) is 0.353. The highest BCUT2D eigenvalue weighted by atomic mass is 16.5. The van der Waals surface area contributed by atoms with Crippen molar-refractivity contribution < 1.29 is 4.74 Å². The highest BCUT2D eigenvalue weighted by Gasteiger charge is 2.22. The molecule has 0 aliphatic carbocycles. The second-order valence-corrected chi connectivity index (χ2v) is 5.56. The van der Waals surface area contributed by atoms with Gasteiger partial charge in [-0.1, -0.05) is 6.07 Å². The highest BCUT2D eigenvalue weighted by molar-refractivity contribution is 5.68. The van der Waals surface area contributed by atoms with Crippen molar-refractivity contribution in [1.29, 1.82) is 0 Å². The van der Waals surface area contributed by atoms with Gasteiger partial charge < -0.3 is 15.4 Å². The van der Waals surface area contributed by atoms with Crippen molar-refractivity contribution in [3.63, 3.8) is 0 Å². The molecule has 1 aliphatic heterocycles. The fourth-order valence-corrected chi connectivity index (χ4v) is 3.10. The summed E-state index contributed by atoms with van der Waals surface area (Å²) in [7, 11) is 1.71. The van der Waals surface area contributed by atoms with E-state index in [1.165, 1.54) is 11.3 Å². The average Bonchev–Trinajstić information content (AvgIpc) is 2.87. The Kier molecular flexibility index (Phi) is 3.45. The number of aromatic nitrogens is 1. The molecule has 2 N–H and O–H groups in total. The number of hydrogen-bond acceptors (Lipinski definition) is 4. The standard InChI is InChI=1S/C17H21N3O/c1-11-9-19-15(12(2)17(11)21-3)10-20-8-7-13-14(18)5-4-6-16(13)20/h4-6,9H,7-8,10,18H2,1-3H3. The molecule has 0 saturated carbocycles. The Morgan fingerprint density at radius 1 is 1.33 bits per heavy atom. The molecule has 1 aromatic carbocycles. The fourth-order valence-electron chi connectivity index (χ4n) is 3.10. The molecule has 0 amide bonds. The van der Waals surface area contributed by atoms with Gasteiger partial charge >= 0.3 is 0 Å². The normalized spacial score (nSPS) is 13.4. The first-order valence-electron chi connectivity index (χ1n) is 7.23. The van der Waals surface area contributed by atoms with E-state index in [1.54, 1.807) is 7.11 Å². The van der Waals surface area contributed by atoms with Gasteiger partial charge in [0.1, 0.15) is 5.75 Å². The molecule has 0 unspecified atom stereocenters. The lowest BCUT2D eigenvalue weighted by Crippen LogP contribution is -2.21. The molecule has 0 atom stereocenters. The predicted octanol–water partition coefficient (Wildman–Crippen LogP) is 2.85. The number of nitrogen functional groups attached to an aromatic ring is 1. The van der Waals surface area contributed by atoms with Crippen LogP contribution in [0.15, 0.2) is 24.4 Å². The summed E-state index contributed by atoms with van der Waals surface area (Å²) in [6.45, 7) is 5.87. The molecule has 0 fully saturated rings. The summed E-state index contributed by atoms with van der Waals surface area (Å²) in [5.74, 6) is 0.937. The van der Waals surface area contributed by atoms with Gasteiger partial charge in [-0.3, -0.25) is 4.98 Å². The minimum Gasteiger partial charge on any atom is -0.496 e. The Morgan fingerprint density at radius 2 is 2.14 bits per heavy atom. The highest BCUT2D eigenvalue weighted by Crippen LogP contribution is 2.34. The van der Waals surface area contributed by atoms with Gasteiger partial charge in [0.2, 0.25) is 0 Å². The number of hydrogen-bond donors (Lipinski definition) is 1. The first-order valence-corrected chi connectivity index (χ1v) is 7.23. The molecule has 2 aromatic rings. The summed E-state index contributed by atoms with van der Waals surface area (Å²) in [4.78, 5) is 6.94. The summed E-state index contributed by atoms with van der Waals surface area (Å²) in [6.07, 6.45) is 2.89. The molecular weight excluding hydrogens is 262 g/mol. The van der Waals surface area contributed by atoms with Crippen molar-refractivity contribution in [3.8, 4) is 5.75 Å². The van der Waals surface area contributed by atoms with Crippen LogP contribution in [0.3, 0.4) is 0 Å². The van der Waals surface area contributed by atoms with Gasteiger partial charge in [0.25, 0.3) is 0 Å². The molecule has 0 radical (unpaired) electrons. The quantitative estimate of drug-likeness (QED) is 0.880. The van der Waals surface area contributed by atoms with Crippen molar-refractivity contribution >= 4 is 11.4 Å². The van der Waals surface area contributed by atoms with Gasteiger partial charge in [-0.05, 0) is 32.4 Å². The van der Waals surface area contributed by atoms with Crippen molar-refractivity contribution in [2.45, 2.75) is 26.8 Å². The lowest BCUT2D eigenvalue weighted by atomic mass is 10.1.